The summed E-state index contributed by atoms with van der Waals surface area (Å²) in [7, 11) is 0. The van der Waals surface area contributed by atoms with E-state index in [9.17, 15) is 0 Å². The first-order valence-electron chi connectivity index (χ1n) is 7.57. The highest BCUT2D eigenvalue weighted by Crippen LogP contribution is 2.38. The summed E-state index contributed by atoms with van der Waals surface area (Å²) < 4.78 is 5.61. The van der Waals surface area contributed by atoms with Gasteiger partial charge in [0.05, 0.1) is 6.61 Å². The van der Waals surface area contributed by atoms with Crippen molar-refractivity contribution >= 4 is 0 Å². The quantitative estimate of drug-likeness (QED) is 0.832. The third kappa shape index (κ3) is 3.11. The molecule has 2 rings (SSSR count). The molecule has 0 radical (unpaired) electrons. The van der Waals surface area contributed by atoms with Gasteiger partial charge in [0.2, 0.25) is 0 Å². The van der Waals surface area contributed by atoms with Crippen molar-refractivity contribution in [2.45, 2.75) is 53.0 Å². The molecule has 2 heteroatoms. The Morgan fingerprint density at radius 3 is 2.79 bits per heavy atom. The maximum absolute atomic E-state index is 5.61. The largest absolute Gasteiger partial charge is 0.493 e. The molecule has 1 aliphatic heterocycles. The highest BCUT2D eigenvalue weighted by molar-refractivity contribution is 5.41. The molecule has 1 atom stereocenters. The zero-order valence-corrected chi connectivity index (χ0v) is 12.8. The Bertz CT molecular complexity index is 425. The zero-order chi connectivity index (χ0) is 13.9. The Morgan fingerprint density at radius 2 is 2.11 bits per heavy atom. The Morgan fingerprint density at radius 1 is 1.32 bits per heavy atom. The molecule has 2 nitrogen and oxygen atoms in total. The maximum atomic E-state index is 5.61. The van der Waals surface area contributed by atoms with Crippen LogP contribution < -0.4 is 10.1 Å². The summed E-state index contributed by atoms with van der Waals surface area (Å²) >= 11 is 0. The number of hydrogen-bond donors (Lipinski definition) is 1. The predicted octanol–water partition coefficient (Wildman–Crippen LogP) is 4.10. The lowest BCUT2D eigenvalue weighted by Crippen LogP contribution is -2.34. The van der Waals surface area contributed by atoms with Crippen molar-refractivity contribution in [3.63, 3.8) is 0 Å². The maximum Gasteiger partial charge on any atom is 0.122 e. The second-order valence-electron chi connectivity index (χ2n) is 6.19. The standard InChI is InChI=1S/C17H27NO/c1-5-10-18-16(17(3,4)6-2)14-7-8-15-13(12-14)9-11-19-15/h7-8,12,16,18H,5-6,9-11H2,1-4H3. The van der Waals surface area contributed by atoms with Crippen molar-refractivity contribution in [3.05, 3.63) is 29.3 Å². The monoisotopic (exact) mass is 261 g/mol. The van der Waals surface area contributed by atoms with Gasteiger partial charge in [-0.1, -0.05) is 39.8 Å². The van der Waals surface area contributed by atoms with Gasteiger partial charge in [0, 0.05) is 12.5 Å². The minimum atomic E-state index is 0.267. The van der Waals surface area contributed by atoms with E-state index >= 15 is 0 Å². The van der Waals surface area contributed by atoms with E-state index in [-0.39, 0.29) is 5.41 Å². The lowest BCUT2D eigenvalue weighted by Gasteiger charge is -2.35. The zero-order valence-electron chi connectivity index (χ0n) is 12.8. The Hall–Kier alpha value is -1.02. The van der Waals surface area contributed by atoms with Crippen molar-refractivity contribution in [2.24, 2.45) is 5.41 Å². The SMILES string of the molecule is CCCNC(c1ccc2c(c1)CCO2)C(C)(C)CC. The van der Waals surface area contributed by atoms with Crippen molar-refractivity contribution in [1.29, 1.82) is 0 Å². The highest BCUT2D eigenvalue weighted by Gasteiger charge is 2.29. The van der Waals surface area contributed by atoms with Gasteiger partial charge in [-0.3, -0.25) is 0 Å². The van der Waals surface area contributed by atoms with E-state index in [1.807, 2.05) is 0 Å². The molecule has 0 saturated heterocycles. The molecule has 0 aromatic heterocycles. The molecule has 0 aliphatic carbocycles. The summed E-state index contributed by atoms with van der Waals surface area (Å²) in [6.45, 7) is 11.1. The Kier molecular flexibility index (Phi) is 4.51. The number of hydrogen-bond acceptors (Lipinski definition) is 2. The van der Waals surface area contributed by atoms with Crippen LogP contribution in [0.2, 0.25) is 0 Å². The lowest BCUT2D eigenvalue weighted by atomic mass is 9.78. The first-order chi connectivity index (χ1) is 9.08. The topological polar surface area (TPSA) is 21.3 Å². The van der Waals surface area contributed by atoms with Crippen molar-refractivity contribution in [2.75, 3.05) is 13.2 Å². The minimum Gasteiger partial charge on any atom is -0.493 e. The molecule has 19 heavy (non-hydrogen) atoms. The minimum absolute atomic E-state index is 0.267. The molecule has 0 bridgehead atoms. The molecular formula is C17H27NO. The van der Waals surface area contributed by atoms with Crippen LogP contribution >= 0.6 is 0 Å². The first kappa shape index (κ1) is 14.4. The van der Waals surface area contributed by atoms with E-state index in [1.165, 1.54) is 24.0 Å². The average molecular weight is 261 g/mol. The summed E-state index contributed by atoms with van der Waals surface area (Å²) in [4.78, 5) is 0. The van der Waals surface area contributed by atoms with Crippen LogP contribution in [-0.4, -0.2) is 13.2 Å². The highest BCUT2D eigenvalue weighted by atomic mass is 16.5. The number of rotatable bonds is 6. The van der Waals surface area contributed by atoms with Crippen LogP contribution in [0, 0.1) is 5.41 Å². The molecule has 1 heterocycles. The molecule has 0 fully saturated rings. The van der Waals surface area contributed by atoms with Crippen LogP contribution in [0.1, 0.15) is 57.7 Å². The normalized spacial score (nSPS) is 16.0. The van der Waals surface area contributed by atoms with Crippen LogP contribution in [0.4, 0.5) is 0 Å². The molecule has 0 saturated carbocycles. The molecule has 106 valence electrons. The molecular weight excluding hydrogens is 234 g/mol. The van der Waals surface area contributed by atoms with Gasteiger partial charge in [0.15, 0.2) is 0 Å². The van der Waals surface area contributed by atoms with E-state index in [1.54, 1.807) is 0 Å². The van der Waals surface area contributed by atoms with E-state index in [0.717, 1.165) is 25.3 Å². The average Bonchev–Trinajstić information content (AvgIpc) is 2.86. The van der Waals surface area contributed by atoms with Gasteiger partial charge in [0.25, 0.3) is 0 Å². The molecule has 1 aromatic rings. The third-order valence-corrected chi connectivity index (χ3v) is 4.34. The fourth-order valence-corrected chi connectivity index (χ4v) is 2.72. The number of ether oxygens (including phenoxy) is 1. The molecule has 1 N–H and O–H groups in total. The fourth-order valence-electron chi connectivity index (χ4n) is 2.72. The second-order valence-corrected chi connectivity index (χ2v) is 6.19. The van der Waals surface area contributed by atoms with E-state index in [0.29, 0.717) is 6.04 Å². The smallest absolute Gasteiger partial charge is 0.122 e. The van der Waals surface area contributed by atoms with Crippen molar-refractivity contribution in [1.82, 2.24) is 5.32 Å². The van der Waals surface area contributed by atoms with Crippen LogP contribution in [0.5, 0.6) is 5.75 Å². The molecule has 1 aliphatic rings. The predicted molar refractivity (Wildman–Crippen MR) is 80.7 cm³/mol. The van der Waals surface area contributed by atoms with Crippen LogP contribution in [-0.2, 0) is 6.42 Å². The van der Waals surface area contributed by atoms with Crippen molar-refractivity contribution < 1.29 is 4.74 Å². The Balaban J connectivity index is 2.27. The first-order valence-corrected chi connectivity index (χ1v) is 7.57. The van der Waals surface area contributed by atoms with Crippen LogP contribution in [0.25, 0.3) is 0 Å². The number of nitrogens with one attached hydrogen (secondary N) is 1. The molecule has 0 amide bonds. The van der Waals surface area contributed by atoms with Gasteiger partial charge in [-0.05, 0) is 42.0 Å². The molecule has 1 aromatic carbocycles. The van der Waals surface area contributed by atoms with E-state index < -0.39 is 0 Å². The van der Waals surface area contributed by atoms with Gasteiger partial charge >= 0.3 is 0 Å². The van der Waals surface area contributed by atoms with Gasteiger partial charge in [-0.15, -0.1) is 0 Å². The summed E-state index contributed by atoms with van der Waals surface area (Å²) in [5.41, 5.74) is 3.04. The van der Waals surface area contributed by atoms with Gasteiger partial charge < -0.3 is 10.1 Å². The fraction of sp³-hybridized carbons (Fsp3) is 0.647. The lowest BCUT2D eigenvalue weighted by molar-refractivity contribution is 0.234. The molecule has 0 spiro atoms. The Labute approximate surface area is 117 Å². The van der Waals surface area contributed by atoms with Gasteiger partial charge in [-0.2, -0.15) is 0 Å². The van der Waals surface area contributed by atoms with E-state index in [4.69, 9.17) is 4.74 Å². The van der Waals surface area contributed by atoms with Crippen LogP contribution in [0.15, 0.2) is 18.2 Å². The van der Waals surface area contributed by atoms with Gasteiger partial charge in [-0.25, -0.2) is 0 Å². The second kappa shape index (κ2) is 5.96. The summed E-state index contributed by atoms with van der Waals surface area (Å²) in [5, 5.41) is 3.73. The van der Waals surface area contributed by atoms with E-state index in [2.05, 4.69) is 51.2 Å². The number of benzene rings is 1. The summed E-state index contributed by atoms with van der Waals surface area (Å²) in [6.07, 6.45) is 3.39. The number of fused-ring (bicyclic) bond motifs is 1. The van der Waals surface area contributed by atoms with Gasteiger partial charge in [0.1, 0.15) is 5.75 Å². The third-order valence-electron chi connectivity index (χ3n) is 4.34. The summed E-state index contributed by atoms with van der Waals surface area (Å²) in [5.74, 6) is 1.08. The van der Waals surface area contributed by atoms with Crippen molar-refractivity contribution in [3.8, 4) is 5.75 Å². The van der Waals surface area contributed by atoms with Crippen LogP contribution in [0.3, 0.4) is 0 Å². The molecule has 1 unspecified atom stereocenters. The summed E-state index contributed by atoms with van der Waals surface area (Å²) in [6, 6.07) is 7.13.